The third-order valence-corrected chi connectivity index (χ3v) is 6.85. The number of carbonyl (C=O) groups is 1. The molecule has 9 nitrogen and oxygen atoms in total. The van der Waals surface area contributed by atoms with Crippen molar-refractivity contribution in [2.45, 2.75) is 37.7 Å². The summed E-state index contributed by atoms with van der Waals surface area (Å²) >= 11 is 0. The summed E-state index contributed by atoms with van der Waals surface area (Å²) in [4.78, 5) is 18.4. The Morgan fingerprint density at radius 1 is 1.27 bits per heavy atom. The molecule has 1 saturated heterocycles. The summed E-state index contributed by atoms with van der Waals surface area (Å²) in [5, 5.41) is 16.5. The number of alkyl halides is 3. The topological polar surface area (TPSA) is 122 Å². The minimum Gasteiger partial charge on any atom is -0.383 e. The molecule has 1 fully saturated rings. The van der Waals surface area contributed by atoms with Gasteiger partial charge in [0.25, 0.3) is 0 Å². The van der Waals surface area contributed by atoms with Crippen molar-refractivity contribution < 1.29 is 22.7 Å². The van der Waals surface area contributed by atoms with Crippen LogP contribution in [-0.4, -0.2) is 45.4 Å². The molecule has 2 atom stereocenters. The minimum atomic E-state index is -4.63. The molecule has 0 bridgehead atoms. The third-order valence-electron chi connectivity index (χ3n) is 6.85. The van der Waals surface area contributed by atoms with Crippen LogP contribution in [0, 0.1) is 11.3 Å². The van der Waals surface area contributed by atoms with Gasteiger partial charge in [0, 0.05) is 24.7 Å². The fourth-order valence-corrected chi connectivity index (χ4v) is 4.83. The Morgan fingerprint density at radius 3 is 2.73 bits per heavy atom. The number of hydrogen-bond acceptors (Lipinski definition) is 6. The van der Waals surface area contributed by atoms with Crippen LogP contribution in [0.15, 0.2) is 42.6 Å². The maximum absolute atomic E-state index is 13.3. The Balaban J connectivity index is 1.35. The first-order valence-corrected chi connectivity index (χ1v) is 11.7. The normalized spacial score (nSPS) is 19.9. The zero-order valence-electron chi connectivity index (χ0n) is 19.9. The summed E-state index contributed by atoms with van der Waals surface area (Å²) in [6, 6.07) is 11.2. The molecule has 0 aliphatic carbocycles. The van der Waals surface area contributed by atoms with Crippen molar-refractivity contribution in [2.24, 2.45) is 0 Å². The van der Waals surface area contributed by atoms with Gasteiger partial charge in [-0.25, -0.2) is 9.78 Å². The number of carbonyl (C=O) groups excluding carboxylic acids is 1. The van der Waals surface area contributed by atoms with E-state index in [1.807, 2.05) is 6.92 Å². The molecule has 1 spiro atoms. The maximum atomic E-state index is 13.3. The Labute approximate surface area is 210 Å². The number of nitrogens with zero attached hydrogens (tertiary/aromatic N) is 5. The van der Waals surface area contributed by atoms with E-state index in [1.54, 1.807) is 39.9 Å². The summed E-state index contributed by atoms with van der Waals surface area (Å²) in [5.41, 5.74) is 6.25. The number of nitrogen functional groups attached to an aromatic ring is 1. The van der Waals surface area contributed by atoms with Crippen molar-refractivity contribution in [2.75, 3.05) is 25.4 Å². The monoisotopic (exact) mass is 511 g/mol. The van der Waals surface area contributed by atoms with Crippen LogP contribution in [0.4, 0.5) is 23.8 Å². The molecular weight excluding hydrogens is 487 g/mol. The number of pyridine rings is 1. The first-order chi connectivity index (χ1) is 17.6. The number of urea groups is 1. The number of likely N-dealkylation sites (tertiary alicyclic amines) is 1. The van der Waals surface area contributed by atoms with Crippen LogP contribution in [-0.2, 0) is 23.1 Å². The second-order valence-corrected chi connectivity index (χ2v) is 9.21. The summed E-state index contributed by atoms with van der Waals surface area (Å²) < 4.78 is 47.9. The van der Waals surface area contributed by atoms with Crippen molar-refractivity contribution in [1.29, 1.82) is 5.26 Å². The van der Waals surface area contributed by atoms with Crippen LogP contribution in [0.5, 0.6) is 0 Å². The lowest BCUT2D eigenvalue weighted by Gasteiger charge is -2.34. The van der Waals surface area contributed by atoms with Gasteiger partial charge in [-0.3, -0.25) is 4.68 Å². The number of nitrogens with one attached hydrogen (secondary N) is 1. The lowest BCUT2D eigenvalue weighted by molar-refractivity contribution is -0.137. The number of nitriles is 1. The van der Waals surface area contributed by atoms with E-state index in [0.717, 1.165) is 11.6 Å². The molecule has 2 aliphatic heterocycles. The van der Waals surface area contributed by atoms with Crippen LogP contribution in [0.25, 0.3) is 11.3 Å². The van der Waals surface area contributed by atoms with E-state index in [1.165, 1.54) is 6.20 Å². The van der Waals surface area contributed by atoms with Crippen LogP contribution in [0.1, 0.15) is 41.8 Å². The van der Waals surface area contributed by atoms with Gasteiger partial charge in [0.2, 0.25) is 0 Å². The van der Waals surface area contributed by atoms with E-state index in [2.05, 4.69) is 21.5 Å². The zero-order chi connectivity index (χ0) is 26.4. The Kier molecular flexibility index (Phi) is 6.03. The molecule has 37 heavy (non-hydrogen) atoms. The molecule has 5 rings (SSSR count). The number of rotatable bonds is 3. The maximum Gasteiger partial charge on any atom is 0.419 e. The highest BCUT2D eigenvalue weighted by Crippen LogP contribution is 2.41. The molecular formula is C25H24F3N7O2. The molecule has 0 saturated carbocycles. The first kappa shape index (κ1) is 24.6. The number of ether oxygens (including phenoxy) is 1. The number of fused-ring (bicyclic) bond motifs is 2. The average Bonchev–Trinajstić information content (AvgIpc) is 3.50. The second-order valence-electron chi connectivity index (χ2n) is 9.21. The van der Waals surface area contributed by atoms with Gasteiger partial charge >= 0.3 is 12.2 Å². The van der Waals surface area contributed by atoms with Crippen LogP contribution >= 0.6 is 0 Å². The number of hydrogen-bond donors (Lipinski definition) is 2. The molecule has 3 aromatic rings. The van der Waals surface area contributed by atoms with E-state index in [9.17, 15) is 18.0 Å². The lowest BCUT2D eigenvalue weighted by Crippen LogP contribution is -2.44. The average molecular weight is 512 g/mol. The van der Waals surface area contributed by atoms with Gasteiger partial charge in [-0.2, -0.15) is 23.5 Å². The number of aromatic nitrogens is 3. The first-order valence-electron chi connectivity index (χ1n) is 11.7. The molecule has 2 aliphatic rings. The Morgan fingerprint density at radius 2 is 2.03 bits per heavy atom. The van der Waals surface area contributed by atoms with Gasteiger partial charge < -0.3 is 20.7 Å². The largest absolute Gasteiger partial charge is 0.419 e. The SMILES string of the molecule is C[C@@H](NC(=O)N1CC[C@]2(C1)OCCn1nc(-c3cnc(N)c(C(F)(F)F)c3)cc12)c1ccc(C#N)cc1. The zero-order valence-corrected chi connectivity index (χ0v) is 19.9. The quantitative estimate of drug-likeness (QED) is 0.551. The third kappa shape index (κ3) is 4.58. The smallest absolute Gasteiger partial charge is 0.383 e. The number of halogens is 3. The van der Waals surface area contributed by atoms with Crippen molar-refractivity contribution in [3.05, 3.63) is 65.0 Å². The molecule has 4 heterocycles. The van der Waals surface area contributed by atoms with Gasteiger partial charge in [-0.05, 0) is 36.8 Å². The van der Waals surface area contributed by atoms with E-state index < -0.39 is 23.2 Å². The number of nitrogens with two attached hydrogens (primary N) is 1. The molecule has 1 aromatic carbocycles. The van der Waals surface area contributed by atoms with Gasteiger partial charge in [-0.1, -0.05) is 12.1 Å². The highest BCUT2D eigenvalue weighted by Gasteiger charge is 2.47. The van der Waals surface area contributed by atoms with Crippen molar-refractivity contribution in [3.63, 3.8) is 0 Å². The number of amides is 2. The molecule has 2 aromatic heterocycles. The summed E-state index contributed by atoms with van der Waals surface area (Å²) in [7, 11) is 0. The van der Waals surface area contributed by atoms with Crippen LogP contribution in [0.3, 0.4) is 0 Å². The van der Waals surface area contributed by atoms with Gasteiger partial charge in [0.05, 0.1) is 54.3 Å². The number of benzene rings is 1. The molecule has 0 radical (unpaired) electrons. The van der Waals surface area contributed by atoms with E-state index in [0.29, 0.717) is 43.1 Å². The highest BCUT2D eigenvalue weighted by atomic mass is 19.4. The van der Waals surface area contributed by atoms with Crippen LogP contribution < -0.4 is 11.1 Å². The van der Waals surface area contributed by atoms with Gasteiger partial charge in [0.1, 0.15) is 11.4 Å². The molecule has 0 unspecified atom stereocenters. The van der Waals surface area contributed by atoms with Gasteiger partial charge in [0.15, 0.2) is 0 Å². The van der Waals surface area contributed by atoms with E-state index >= 15 is 0 Å². The van der Waals surface area contributed by atoms with Crippen molar-refractivity contribution >= 4 is 11.8 Å². The molecule has 12 heteroatoms. The molecule has 192 valence electrons. The summed E-state index contributed by atoms with van der Waals surface area (Å²) in [6.45, 7) is 3.37. The van der Waals surface area contributed by atoms with Crippen LogP contribution in [0.2, 0.25) is 0 Å². The van der Waals surface area contributed by atoms with E-state index in [-0.39, 0.29) is 24.2 Å². The lowest BCUT2D eigenvalue weighted by atomic mass is 9.96. The Hall–Kier alpha value is -4.11. The van der Waals surface area contributed by atoms with Crippen molar-refractivity contribution in [1.82, 2.24) is 25.0 Å². The fourth-order valence-electron chi connectivity index (χ4n) is 4.83. The summed E-state index contributed by atoms with van der Waals surface area (Å²) in [6.07, 6.45) is -2.85. The fraction of sp³-hybridized carbons (Fsp3) is 0.360. The predicted octanol–water partition coefficient (Wildman–Crippen LogP) is 3.82. The molecule has 3 N–H and O–H groups in total. The molecule has 2 amide bonds. The van der Waals surface area contributed by atoms with E-state index in [4.69, 9.17) is 15.7 Å². The minimum absolute atomic E-state index is 0.197. The standard InChI is InChI=1S/C25H24F3N7O2/c1-15(17-4-2-16(12-29)3-5-17)32-23(36)34-7-6-24(14-34)21-11-20(33-35(21)8-9-37-24)18-10-19(25(26,27)28)22(30)31-13-18/h2-5,10-11,13,15H,6-9,14H2,1H3,(H2,30,31)(H,32,36)/t15-,24-/m1/s1. The van der Waals surface area contributed by atoms with Crippen molar-refractivity contribution in [3.8, 4) is 17.3 Å². The highest BCUT2D eigenvalue weighted by molar-refractivity contribution is 5.75. The Bertz CT molecular complexity index is 1380. The second kappa shape index (κ2) is 9.08. The predicted molar refractivity (Wildman–Crippen MR) is 127 cm³/mol. The summed E-state index contributed by atoms with van der Waals surface area (Å²) in [5.74, 6) is -0.590. The number of anilines is 1. The van der Waals surface area contributed by atoms with Gasteiger partial charge in [-0.15, -0.1) is 0 Å².